The number of pyridine rings is 4. The number of fused-ring (bicyclic) bond motifs is 12. The molecule has 0 aliphatic rings. The van der Waals surface area contributed by atoms with Crippen LogP contribution >= 0.6 is 0 Å². The minimum Gasteiger partial charge on any atom is -0.457 e. The Bertz CT molecular complexity index is 6330. The van der Waals surface area contributed by atoms with E-state index in [0.29, 0.717) is 46.0 Å². The summed E-state index contributed by atoms with van der Waals surface area (Å²) in [6, 6.07) is 64.8. The fraction of sp³-hybridized carbons (Fsp3) is 0.250. The van der Waals surface area contributed by atoms with E-state index in [2.05, 4.69) is 235 Å². The number of aromatic nitrogens is 4. The van der Waals surface area contributed by atoms with Crippen LogP contribution in [0.3, 0.4) is 0 Å². The van der Waals surface area contributed by atoms with E-state index in [-0.39, 0.29) is 0 Å². The summed E-state index contributed by atoms with van der Waals surface area (Å²) in [5.41, 5.74) is 27.8. The smallest absolute Gasteiger partial charge is 0.216 e. The minimum absolute atomic E-state index is 0.463. The summed E-state index contributed by atoms with van der Waals surface area (Å²) in [6.07, 6.45) is 11.8. The average molecular weight is 1420 g/mol. The number of benzene rings is 8. The fourth-order valence-corrected chi connectivity index (χ4v) is 15.5. The van der Waals surface area contributed by atoms with Crippen molar-refractivity contribution in [3.8, 4) is 63.2 Å². The Morgan fingerprint density at radius 1 is 0.361 bits per heavy atom. The van der Waals surface area contributed by atoms with E-state index in [4.69, 9.17) is 24.2 Å². The third-order valence-corrected chi connectivity index (χ3v) is 20.4. The zero-order chi connectivity index (χ0) is 76.5. The second-order valence-electron chi connectivity index (χ2n) is 30.6. The lowest BCUT2D eigenvalue weighted by Crippen LogP contribution is -2.30. The first-order chi connectivity index (χ1) is 52.0. The molecule has 8 aromatic carbocycles. The molecule has 0 N–H and O–H groups in total. The van der Waals surface area contributed by atoms with Crippen molar-refractivity contribution in [2.24, 2.45) is 51.9 Å². The summed E-state index contributed by atoms with van der Waals surface area (Å²) < 4.78 is 33.9. The van der Waals surface area contributed by atoms with Gasteiger partial charge in [-0.1, -0.05) is 91.8 Å². The summed E-state index contributed by atoms with van der Waals surface area (Å²) in [5, 5.41) is 37.1. The molecule has 536 valence electrons. The SMILES string of the molecule is Cc1cc(C#N)c2c(oc3c(CC(C)C)cccc32)c1-c1cccc[n+]1C.Cc1cc2c(cc1-c1cccc[n+]1C)oc1c(CC(C)C)cc(C#N)cc12.Cc1cc2c(cc1-c1cccc[n+]1C)oc1c(CC(C)C)ccc(C#N)c12.[C-]#[N+]c1ccc2c(oc3cc(-c4cccc[n+]4C)c(C)cc32)c1CC(C)C. The predicted octanol–water partition coefficient (Wildman–Crippen LogP) is 22.5. The first-order valence-corrected chi connectivity index (χ1v) is 37.3. The lowest BCUT2D eigenvalue weighted by molar-refractivity contribution is -0.660. The van der Waals surface area contributed by atoms with Crippen molar-refractivity contribution >= 4 is 93.4 Å². The highest BCUT2D eigenvalue weighted by atomic mass is 16.3. The molecule has 0 fully saturated rings. The van der Waals surface area contributed by atoms with Crippen LogP contribution in [0.1, 0.15) is 117 Å². The summed E-state index contributed by atoms with van der Waals surface area (Å²) >= 11 is 0. The molecule has 16 rings (SSSR count). The molecule has 0 bridgehead atoms. The molecule has 12 nitrogen and oxygen atoms in total. The maximum atomic E-state index is 9.77. The van der Waals surface area contributed by atoms with E-state index in [1.165, 1.54) is 33.4 Å². The third-order valence-electron chi connectivity index (χ3n) is 20.4. The average Bonchev–Trinajstić information content (AvgIpc) is 1.60. The molecule has 8 aromatic heterocycles. The van der Waals surface area contributed by atoms with Gasteiger partial charge in [-0.2, -0.15) is 15.8 Å². The van der Waals surface area contributed by atoms with Crippen LogP contribution in [0.4, 0.5) is 5.69 Å². The van der Waals surface area contributed by atoms with E-state index in [9.17, 15) is 15.8 Å². The Morgan fingerprint density at radius 3 is 1.31 bits per heavy atom. The second-order valence-corrected chi connectivity index (χ2v) is 30.6. The van der Waals surface area contributed by atoms with Crippen molar-refractivity contribution < 1.29 is 35.9 Å². The molecule has 108 heavy (non-hydrogen) atoms. The van der Waals surface area contributed by atoms with Gasteiger partial charge in [-0.3, -0.25) is 0 Å². The zero-order valence-electron chi connectivity index (χ0n) is 64.8. The quantitative estimate of drug-likeness (QED) is 0.0875. The van der Waals surface area contributed by atoms with Crippen molar-refractivity contribution in [1.82, 2.24) is 0 Å². The molecule has 0 atom stereocenters. The number of hydrogen-bond donors (Lipinski definition) is 0. The van der Waals surface area contributed by atoms with Crippen molar-refractivity contribution in [1.29, 1.82) is 15.8 Å². The van der Waals surface area contributed by atoms with E-state index in [1.807, 2.05) is 112 Å². The Hall–Kier alpha value is -12.5. The van der Waals surface area contributed by atoms with Gasteiger partial charge in [-0.25, -0.2) is 23.1 Å². The van der Waals surface area contributed by atoms with Crippen molar-refractivity contribution in [2.75, 3.05) is 0 Å². The molecule has 8 heterocycles. The number of nitrogens with zero attached hydrogens (tertiary/aromatic N) is 8. The van der Waals surface area contributed by atoms with Gasteiger partial charge in [0.25, 0.3) is 0 Å². The topological polar surface area (TPSA) is 144 Å². The standard InChI is InChI=1S/4C24H23N2O/c1-15(2)12-20-21(25-4)10-9-17-19-13-16(3)18(14-23(19)27-24(17)20)22-8-6-7-11-26(22)5;1-15(2)12-17-8-7-9-19-22-18(14-25)13-16(3)21(24(22)27-23(17)19)20-10-5-6-11-26(20)4;1-15(2)11-17-8-9-18(14-25)23-20-12-16(3)19(13-22(20)27-24(17)23)21-7-5-6-10-26(21)4;1-15(2)9-18-11-17(14-25)12-21-20-10-16(3)19(13-23(20)27-24(18)21)22-7-5-6-8-26(22)4/h6-11,13-15H,12H2,1-3,5H3;5-11,13,15H,12H2,1-4H3;5-10,12-13,15H,11H2,1-4H3;5-8,10-13,15H,9H2,1-4H3/q4*+1. The third kappa shape index (κ3) is 14.4. The molecule has 0 aliphatic carbocycles. The molecule has 0 saturated carbocycles. The van der Waals surface area contributed by atoms with E-state index in [0.717, 1.165) is 170 Å². The van der Waals surface area contributed by atoms with Crippen LogP contribution in [-0.2, 0) is 53.9 Å². The van der Waals surface area contributed by atoms with Crippen LogP contribution < -0.4 is 18.3 Å². The van der Waals surface area contributed by atoms with Crippen LogP contribution in [0.25, 0.3) is 138 Å². The molecular formula is C96H92N8O4+4. The zero-order valence-corrected chi connectivity index (χ0v) is 64.8. The van der Waals surface area contributed by atoms with Crippen LogP contribution in [0.2, 0.25) is 0 Å². The maximum absolute atomic E-state index is 9.77. The Kier molecular flexibility index (Phi) is 21.1. The normalized spacial score (nSPS) is 11.4. The highest BCUT2D eigenvalue weighted by molar-refractivity contribution is 6.14. The van der Waals surface area contributed by atoms with Crippen molar-refractivity contribution in [3.63, 3.8) is 0 Å². The Balaban J connectivity index is 0.000000127. The summed E-state index contributed by atoms with van der Waals surface area (Å²) in [7, 11) is 8.19. The molecule has 0 unspecified atom stereocenters. The van der Waals surface area contributed by atoms with Gasteiger partial charge >= 0.3 is 0 Å². The predicted molar refractivity (Wildman–Crippen MR) is 435 cm³/mol. The second kappa shape index (κ2) is 30.9. The van der Waals surface area contributed by atoms with Crippen LogP contribution in [0.5, 0.6) is 0 Å². The monoisotopic (exact) mass is 1420 g/mol. The summed E-state index contributed by atoms with van der Waals surface area (Å²) in [6.45, 7) is 33.5. The van der Waals surface area contributed by atoms with Crippen LogP contribution in [0.15, 0.2) is 212 Å². The number of aryl methyl sites for hydroxylation is 8. The van der Waals surface area contributed by atoms with Crippen LogP contribution in [-0.4, -0.2) is 0 Å². The Labute approximate surface area is 632 Å². The number of nitriles is 3. The first kappa shape index (κ1) is 73.8. The van der Waals surface area contributed by atoms with Crippen molar-refractivity contribution in [3.05, 3.63) is 267 Å². The molecule has 16 aromatic rings. The first-order valence-electron chi connectivity index (χ1n) is 37.3. The van der Waals surface area contributed by atoms with Gasteiger partial charge in [0.2, 0.25) is 22.8 Å². The Morgan fingerprint density at radius 2 is 0.815 bits per heavy atom. The van der Waals surface area contributed by atoms with E-state index in [1.54, 1.807) is 0 Å². The van der Waals surface area contributed by atoms with Gasteiger partial charge in [-0.05, 0) is 201 Å². The van der Waals surface area contributed by atoms with Gasteiger partial charge in [0, 0.05) is 97.2 Å². The van der Waals surface area contributed by atoms with Gasteiger partial charge in [0.05, 0.1) is 63.7 Å². The largest absolute Gasteiger partial charge is 0.457 e. The fourth-order valence-electron chi connectivity index (χ4n) is 15.5. The lowest BCUT2D eigenvalue weighted by Gasteiger charge is -2.07. The van der Waals surface area contributed by atoms with Crippen molar-refractivity contribution in [2.45, 2.75) is 109 Å². The molecule has 0 radical (unpaired) electrons. The highest BCUT2D eigenvalue weighted by Gasteiger charge is 2.27. The lowest BCUT2D eigenvalue weighted by atomic mass is 9.95. The number of para-hydroxylation sites is 1. The van der Waals surface area contributed by atoms with E-state index < -0.39 is 0 Å². The molecule has 0 spiro atoms. The van der Waals surface area contributed by atoms with E-state index >= 15 is 0 Å². The summed E-state index contributed by atoms with van der Waals surface area (Å²) in [5.74, 6) is 2.02. The van der Waals surface area contributed by atoms with Gasteiger partial charge in [0.15, 0.2) is 36.1 Å². The maximum Gasteiger partial charge on any atom is 0.216 e. The highest BCUT2D eigenvalue weighted by Crippen LogP contribution is 2.44. The molecule has 0 saturated heterocycles. The van der Waals surface area contributed by atoms with Gasteiger partial charge in [0.1, 0.15) is 67.3 Å². The molecule has 0 amide bonds. The number of rotatable bonds is 12. The minimum atomic E-state index is 0.463. The van der Waals surface area contributed by atoms with Gasteiger partial charge < -0.3 is 17.7 Å². The number of furan rings is 4. The molecular weight excluding hydrogens is 1330 g/mol. The number of hydrogen-bond acceptors (Lipinski definition) is 7. The molecule has 12 heteroatoms. The molecule has 0 aliphatic heterocycles. The summed E-state index contributed by atoms with van der Waals surface area (Å²) in [4.78, 5) is 3.72. The van der Waals surface area contributed by atoms with Crippen LogP contribution in [0, 0.1) is 91.9 Å². The van der Waals surface area contributed by atoms with Gasteiger partial charge in [-0.15, -0.1) is 0 Å².